The monoisotopic (exact) mass is 429 g/mol. The van der Waals surface area contributed by atoms with Crippen LogP contribution in [0.4, 0.5) is 4.39 Å². The van der Waals surface area contributed by atoms with Crippen molar-refractivity contribution in [3.05, 3.63) is 75.0 Å². The molecule has 3 aromatic rings. The minimum atomic E-state index is -0.442. The molecule has 1 N–H and O–H groups in total. The molecule has 0 spiro atoms. The molecule has 3 rings (SSSR count). The number of carbonyl (C=O) groups is 2. The number of rotatable bonds is 8. The molecular formula is C22H24FN3O3S. The lowest BCUT2D eigenvalue weighted by molar-refractivity contribution is -0.148. The first-order chi connectivity index (χ1) is 14.3. The number of hydrogen-bond acceptors (Lipinski definition) is 5. The van der Waals surface area contributed by atoms with Gasteiger partial charge in [0.25, 0.3) is 5.91 Å². The molecule has 1 amide bonds. The number of nitrogens with one attached hydrogen (secondary N) is 1. The van der Waals surface area contributed by atoms with Crippen molar-refractivity contribution in [2.24, 2.45) is 7.05 Å². The number of nitrogens with zero attached hydrogens (tertiary/aromatic N) is 2. The summed E-state index contributed by atoms with van der Waals surface area (Å²) in [7, 11) is 1.86. The van der Waals surface area contributed by atoms with Crippen molar-refractivity contribution >= 4 is 23.2 Å². The summed E-state index contributed by atoms with van der Waals surface area (Å²) in [6.45, 7) is 3.49. The van der Waals surface area contributed by atoms with Crippen molar-refractivity contribution in [1.82, 2.24) is 15.1 Å². The van der Waals surface area contributed by atoms with E-state index in [1.54, 1.807) is 16.8 Å². The van der Waals surface area contributed by atoms with Crippen molar-refractivity contribution in [2.45, 2.75) is 32.7 Å². The van der Waals surface area contributed by atoms with Crippen LogP contribution >= 0.6 is 11.3 Å². The summed E-state index contributed by atoms with van der Waals surface area (Å²) in [5.41, 5.74) is 3.67. The Balaban J connectivity index is 1.55. The highest BCUT2D eigenvalue weighted by Gasteiger charge is 2.19. The van der Waals surface area contributed by atoms with Gasteiger partial charge in [-0.15, -0.1) is 11.3 Å². The Morgan fingerprint density at radius 1 is 1.23 bits per heavy atom. The third-order valence-corrected chi connectivity index (χ3v) is 5.88. The molecule has 2 heterocycles. The van der Waals surface area contributed by atoms with Gasteiger partial charge >= 0.3 is 5.97 Å². The minimum Gasteiger partial charge on any atom is -0.456 e. The lowest BCUT2D eigenvalue weighted by atomic mass is 10.1. The summed E-state index contributed by atoms with van der Waals surface area (Å²) >= 11 is 1.48. The van der Waals surface area contributed by atoms with Crippen LogP contribution in [0.25, 0.3) is 0 Å². The van der Waals surface area contributed by atoms with Crippen LogP contribution in [-0.4, -0.2) is 28.3 Å². The summed E-state index contributed by atoms with van der Waals surface area (Å²) in [6, 6.07) is 9.30. The van der Waals surface area contributed by atoms with Gasteiger partial charge < -0.3 is 10.1 Å². The number of benzene rings is 1. The largest absolute Gasteiger partial charge is 0.456 e. The number of carbonyl (C=O) groups excluding carboxylic acids is 2. The van der Waals surface area contributed by atoms with Crippen molar-refractivity contribution in [2.75, 3.05) is 6.61 Å². The van der Waals surface area contributed by atoms with E-state index in [1.165, 1.54) is 23.5 Å². The third kappa shape index (κ3) is 5.33. The van der Waals surface area contributed by atoms with Crippen LogP contribution in [0.1, 0.15) is 39.9 Å². The fourth-order valence-electron chi connectivity index (χ4n) is 3.26. The second kappa shape index (κ2) is 9.67. The average molecular weight is 430 g/mol. The number of ether oxygens (including phenoxy) is 1. The first-order valence-electron chi connectivity index (χ1n) is 9.58. The van der Waals surface area contributed by atoms with Crippen molar-refractivity contribution in [3.8, 4) is 0 Å². The normalized spacial score (nSPS) is 11.9. The minimum absolute atomic E-state index is 0.174. The number of thiophene rings is 1. The van der Waals surface area contributed by atoms with Crippen LogP contribution in [0.15, 0.2) is 41.8 Å². The van der Waals surface area contributed by atoms with Gasteiger partial charge in [-0.05, 0) is 55.0 Å². The molecule has 0 aliphatic rings. The Labute approximate surface area is 178 Å². The topological polar surface area (TPSA) is 73.2 Å². The summed E-state index contributed by atoms with van der Waals surface area (Å²) in [5.74, 6) is -1.20. The zero-order chi connectivity index (χ0) is 21.7. The van der Waals surface area contributed by atoms with E-state index in [4.69, 9.17) is 4.74 Å². The van der Waals surface area contributed by atoms with Crippen LogP contribution in [-0.2, 0) is 27.8 Å². The number of halogens is 1. The van der Waals surface area contributed by atoms with Gasteiger partial charge in [0.05, 0.1) is 11.7 Å². The molecule has 0 aliphatic carbocycles. The SMILES string of the molecule is Cc1nn(C)c(C)c1CCC(=O)OCC(=O)NC(c1ccc(F)cc1)c1cccs1. The van der Waals surface area contributed by atoms with Crippen LogP contribution in [0.5, 0.6) is 0 Å². The molecule has 30 heavy (non-hydrogen) atoms. The smallest absolute Gasteiger partial charge is 0.306 e. The molecule has 6 nitrogen and oxygen atoms in total. The number of hydrogen-bond donors (Lipinski definition) is 1. The molecule has 2 aromatic heterocycles. The molecule has 158 valence electrons. The maximum atomic E-state index is 13.3. The quantitative estimate of drug-likeness (QED) is 0.555. The predicted octanol–water partition coefficient (Wildman–Crippen LogP) is 3.62. The zero-order valence-electron chi connectivity index (χ0n) is 17.1. The molecule has 8 heteroatoms. The van der Waals surface area contributed by atoms with Gasteiger partial charge in [0.1, 0.15) is 5.82 Å². The fraction of sp³-hybridized carbons (Fsp3) is 0.318. The summed E-state index contributed by atoms with van der Waals surface area (Å²) in [5, 5.41) is 9.10. The third-order valence-electron chi connectivity index (χ3n) is 4.94. The second-order valence-corrected chi connectivity index (χ2v) is 7.98. The van der Waals surface area contributed by atoms with Crippen molar-refractivity contribution < 1.29 is 18.7 Å². The summed E-state index contributed by atoms with van der Waals surface area (Å²) in [6.07, 6.45) is 0.687. The predicted molar refractivity (Wildman–Crippen MR) is 113 cm³/mol. The molecule has 1 aromatic carbocycles. The number of aromatic nitrogens is 2. The highest BCUT2D eigenvalue weighted by atomic mass is 32.1. The van der Waals surface area contributed by atoms with E-state index in [0.717, 1.165) is 27.4 Å². The Morgan fingerprint density at radius 2 is 1.97 bits per heavy atom. The zero-order valence-corrected chi connectivity index (χ0v) is 18.0. The van der Waals surface area contributed by atoms with Crippen LogP contribution in [0.2, 0.25) is 0 Å². The van der Waals surface area contributed by atoms with Gasteiger partial charge in [0.2, 0.25) is 0 Å². The molecule has 0 aliphatic heterocycles. The van der Waals surface area contributed by atoms with Gasteiger partial charge in [0.15, 0.2) is 6.61 Å². The summed E-state index contributed by atoms with van der Waals surface area (Å²) in [4.78, 5) is 25.4. The molecule has 0 saturated carbocycles. The average Bonchev–Trinajstić information content (AvgIpc) is 3.33. The maximum Gasteiger partial charge on any atom is 0.306 e. The van der Waals surface area contributed by atoms with E-state index in [9.17, 15) is 14.0 Å². The first-order valence-corrected chi connectivity index (χ1v) is 10.5. The van der Waals surface area contributed by atoms with E-state index in [1.807, 2.05) is 38.4 Å². The van der Waals surface area contributed by atoms with E-state index < -0.39 is 17.9 Å². The van der Waals surface area contributed by atoms with E-state index in [0.29, 0.717) is 6.42 Å². The van der Waals surface area contributed by atoms with Gasteiger partial charge in [-0.2, -0.15) is 5.10 Å². The van der Waals surface area contributed by atoms with Crippen molar-refractivity contribution in [1.29, 1.82) is 0 Å². The van der Waals surface area contributed by atoms with E-state index >= 15 is 0 Å². The molecule has 1 unspecified atom stereocenters. The molecule has 0 radical (unpaired) electrons. The highest BCUT2D eigenvalue weighted by Crippen LogP contribution is 2.26. The maximum absolute atomic E-state index is 13.3. The Kier molecular flexibility index (Phi) is 6.99. The second-order valence-electron chi connectivity index (χ2n) is 7.00. The van der Waals surface area contributed by atoms with Gasteiger partial charge in [-0.3, -0.25) is 14.3 Å². The fourth-order valence-corrected chi connectivity index (χ4v) is 4.06. The Hall–Kier alpha value is -3.00. The number of esters is 1. The van der Waals surface area contributed by atoms with Gasteiger partial charge in [-0.1, -0.05) is 18.2 Å². The lowest BCUT2D eigenvalue weighted by Gasteiger charge is -2.18. The molecule has 0 bridgehead atoms. The summed E-state index contributed by atoms with van der Waals surface area (Å²) < 4.78 is 20.2. The van der Waals surface area contributed by atoms with E-state index in [-0.39, 0.29) is 18.8 Å². The van der Waals surface area contributed by atoms with Gasteiger partial charge in [0, 0.05) is 24.0 Å². The number of aryl methyl sites for hydroxylation is 2. The standard InChI is InChI=1S/C22H24FN3O3S/c1-14-18(15(2)26(3)25-14)10-11-21(28)29-13-20(27)24-22(19-5-4-12-30-19)16-6-8-17(23)9-7-16/h4-9,12,22H,10-11,13H2,1-3H3,(H,24,27). The van der Waals surface area contributed by atoms with Crippen LogP contribution in [0.3, 0.4) is 0 Å². The number of amides is 1. The van der Waals surface area contributed by atoms with Crippen LogP contribution < -0.4 is 5.32 Å². The molecule has 1 atom stereocenters. The van der Waals surface area contributed by atoms with Crippen LogP contribution in [0, 0.1) is 19.7 Å². The molecular weight excluding hydrogens is 405 g/mol. The Morgan fingerprint density at radius 3 is 2.57 bits per heavy atom. The highest BCUT2D eigenvalue weighted by molar-refractivity contribution is 7.10. The Bertz CT molecular complexity index is 1010. The van der Waals surface area contributed by atoms with Gasteiger partial charge in [-0.25, -0.2) is 4.39 Å². The first kappa shape index (κ1) is 21.7. The van der Waals surface area contributed by atoms with Crippen molar-refractivity contribution in [3.63, 3.8) is 0 Å². The molecule has 0 saturated heterocycles. The lowest BCUT2D eigenvalue weighted by Crippen LogP contribution is -2.32. The molecule has 0 fully saturated rings. The van der Waals surface area contributed by atoms with E-state index in [2.05, 4.69) is 10.4 Å².